The van der Waals surface area contributed by atoms with Gasteiger partial charge in [-0.2, -0.15) is 0 Å². The number of hydrogen-bond donors (Lipinski definition) is 0. The molecule has 3 heteroatoms. The maximum Gasteiger partial charge on any atom is 0.161 e. The van der Waals surface area contributed by atoms with Gasteiger partial charge in [-0.1, -0.05) is 159 Å². The van der Waals surface area contributed by atoms with Gasteiger partial charge in [0, 0.05) is 26.6 Å². The summed E-state index contributed by atoms with van der Waals surface area (Å²) in [7, 11) is 0. The maximum atomic E-state index is 8.95. The number of thiophene rings is 1. The van der Waals surface area contributed by atoms with Gasteiger partial charge in [0.2, 0.25) is 0 Å². The number of nitrogens with zero attached hydrogens (tertiary/aromatic N) is 2. The molecule has 0 bridgehead atoms. The molecule has 0 unspecified atom stereocenters. The average Bonchev–Trinajstić information content (AvgIpc) is 3.71. The van der Waals surface area contributed by atoms with Crippen molar-refractivity contribution in [2.24, 2.45) is 0 Å². The first kappa shape index (κ1) is 24.3. The number of fused-ring (bicyclic) bond motifs is 8. The molecule has 10 rings (SSSR count). The van der Waals surface area contributed by atoms with Gasteiger partial charge in [-0.3, -0.25) is 0 Å². The summed E-state index contributed by atoms with van der Waals surface area (Å²) in [6, 6.07) is 42.2. The predicted octanol–water partition coefficient (Wildman–Crippen LogP) is 13.0. The Kier molecular flexibility index (Phi) is 5.37. The molecule has 0 amide bonds. The molecule has 0 spiro atoms. The first-order valence-electron chi connectivity index (χ1n) is 19.3. The Morgan fingerprint density at radius 1 is 0.600 bits per heavy atom. The summed E-state index contributed by atoms with van der Waals surface area (Å²) < 4.78 is 45.4. The lowest BCUT2D eigenvalue weighted by atomic mass is 9.78. The largest absolute Gasteiger partial charge is 0.226 e. The highest BCUT2D eigenvalue weighted by Gasteiger charge is 2.39. The minimum Gasteiger partial charge on any atom is -0.226 e. The summed E-state index contributed by atoms with van der Waals surface area (Å²) in [6.07, 6.45) is 0. The molecule has 0 fully saturated rings. The van der Waals surface area contributed by atoms with Gasteiger partial charge >= 0.3 is 0 Å². The van der Waals surface area contributed by atoms with Gasteiger partial charge < -0.3 is 0 Å². The van der Waals surface area contributed by atoms with E-state index in [0.29, 0.717) is 11.4 Å². The molecule has 2 aromatic heterocycles. The monoisotopic (exact) mass is 661 g/mol. The van der Waals surface area contributed by atoms with Gasteiger partial charge in [0.15, 0.2) is 5.82 Å². The van der Waals surface area contributed by atoms with Gasteiger partial charge in [-0.25, -0.2) is 9.97 Å². The van der Waals surface area contributed by atoms with E-state index in [-0.39, 0.29) is 29.7 Å². The predicted molar refractivity (Wildman–Crippen MR) is 212 cm³/mol. The molecule has 2 nitrogen and oxygen atoms in total. The second-order valence-corrected chi connectivity index (χ2v) is 14.4. The Morgan fingerprint density at radius 3 is 2.14 bits per heavy atom. The quantitative estimate of drug-likeness (QED) is 0.188. The fourth-order valence-electron chi connectivity index (χ4n) is 7.87. The summed E-state index contributed by atoms with van der Waals surface area (Å²) in [6.45, 7) is 4.41. The van der Waals surface area contributed by atoms with Gasteiger partial charge in [-0.15, -0.1) is 11.3 Å². The third kappa shape index (κ3) is 4.33. The molecule has 7 aromatic carbocycles. The molecular weight excluding hydrogens is 625 g/mol. The second-order valence-electron chi connectivity index (χ2n) is 13.4. The van der Waals surface area contributed by atoms with Crippen molar-refractivity contribution in [3.63, 3.8) is 0 Å². The molecule has 0 saturated carbocycles. The van der Waals surface area contributed by atoms with Crippen LogP contribution >= 0.6 is 11.3 Å². The Balaban J connectivity index is 1.30. The lowest BCUT2D eigenvalue weighted by Crippen LogP contribution is -2.16. The van der Waals surface area contributed by atoms with Gasteiger partial charge in [0.25, 0.3) is 0 Å². The third-order valence-electron chi connectivity index (χ3n) is 10.2. The number of benzene rings is 7. The fourth-order valence-corrected chi connectivity index (χ4v) is 9.02. The zero-order chi connectivity index (χ0) is 37.7. The van der Waals surface area contributed by atoms with E-state index in [1.54, 1.807) is 11.3 Å². The molecule has 0 atom stereocenters. The molecule has 9 aromatic rings. The first-order chi connectivity index (χ1) is 26.6. The van der Waals surface area contributed by atoms with Crippen molar-refractivity contribution in [2.45, 2.75) is 19.3 Å². The zero-order valence-electron chi connectivity index (χ0n) is 32.4. The lowest BCUT2D eigenvalue weighted by Gasteiger charge is -2.25. The Labute approximate surface area is 302 Å². The first-order valence-corrected chi connectivity index (χ1v) is 17.6. The van der Waals surface area contributed by atoms with Crippen LogP contribution in [-0.4, -0.2) is 9.97 Å². The molecule has 2 heterocycles. The van der Waals surface area contributed by atoms with E-state index in [2.05, 4.69) is 117 Å². The van der Waals surface area contributed by atoms with Crippen LogP contribution in [0.2, 0.25) is 0 Å². The van der Waals surface area contributed by atoms with Crippen LogP contribution in [0.3, 0.4) is 0 Å². The summed E-state index contributed by atoms with van der Waals surface area (Å²) in [5, 5.41) is 2.82. The van der Waals surface area contributed by atoms with Crippen LogP contribution in [0.4, 0.5) is 0 Å². The highest BCUT2D eigenvalue weighted by Crippen LogP contribution is 2.56. The molecule has 0 N–H and O–H groups in total. The maximum absolute atomic E-state index is 8.95. The van der Waals surface area contributed by atoms with Crippen molar-refractivity contribution in [3.05, 3.63) is 169 Å². The van der Waals surface area contributed by atoms with Crippen LogP contribution in [0.1, 0.15) is 31.8 Å². The van der Waals surface area contributed by atoms with E-state index < -0.39 is 11.5 Å². The van der Waals surface area contributed by atoms with Crippen molar-refractivity contribution >= 4 is 42.4 Å². The number of hydrogen-bond acceptors (Lipinski definition) is 3. The molecule has 50 heavy (non-hydrogen) atoms. The summed E-state index contributed by atoms with van der Waals surface area (Å²) in [5.41, 5.74) is 10.5. The average molecular weight is 662 g/mol. The van der Waals surface area contributed by atoms with Crippen LogP contribution in [0.5, 0.6) is 0 Å². The molecular formula is C47H32N2S. The minimum absolute atomic E-state index is 0.196. The van der Waals surface area contributed by atoms with Crippen LogP contribution in [0.15, 0.2) is 158 Å². The highest BCUT2D eigenvalue weighted by atomic mass is 32.1. The smallest absolute Gasteiger partial charge is 0.161 e. The van der Waals surface area contributed by atoms with Crippen LogP contribution in [0, 0.1) is 0 Å². The van der Waals surface area contributed by atoms with Crippen molar-refractivity contribution < 1.29 is 6.85 Å². The standard InChI is InChI=1S/C47H32N2S/c1-47(2)38-22-11-9-19-35(38)41-37(28-33-18-13-21-34(40(33)42(41)47)31-16-7-4-8-17-31)46-48-43(45-44(49-46)36-20-10-12-23-39(36)50-45)32-26-24-30(25-27-32)29-14-5-3-6-15-29/h3-28H,1-2H3/i4D,7D,8D,16D,17D. The second kappa shape index (κ2) is 11.1. The van der Waals surface area contributed by atoms with E-state index >= 15 is 0 Å². The Bertz CT molecular complexity index is 3030. The van der Waals surface area contributed by atoms with Crippen molar-refractivity contribution in [1.82, 2.24) is 9.97 Å². The van der Waals surface area contributed by atoms with Crippen molar-refractivity contribution in [2.75, 3.05) is 0 Å². The Morgan fingerprint density at radius 2 is 1.30 bits per heavy atom. The van der Waals surface area contributed by atoms with E-state index in [9.17, 15) is 0 Å². The van der Waals surface area contributed by atoms with Crippen LogP contribution < -0.4 is 0 Å². The summed E-state index contributed by atoms with van der Waals surface area (Å²) in [5.74, 6) is 0.608. The SMILES string of the molecule is [2H]c1c([2H])c([2H])c(-c2cccc3cc(-c4nc(-c5ccc(-c6ccccc6)cc5)c5sc6ccccc6c5n4)c4c(c23)C(C)(C)c2ccccc2-4)c([2H])c1[2H]. The topological polar surface area (TPSA) is 25.8 Å². The van der Waals surface area contributed by atoms with E-state index in [1.807, 2.05) is 24.3 Å². The van der Waals surface area contributed by atoms with Gasteiger partial charge in [0.1, 0.15) is 0 Å². The molecule has 1 aliphatic carbocycles. The van der Waals surface area contributed by atoms with Crippen molar-refractivity contribution in [1.29, 1.82) is 0 Å². The van der Waals surface area contributed by atoms with Gasteiger partial charge in [0.05, 0.1) is 22.8 Å². The Hall–Kier alpha value is -5.90. The van der Waals surface area contributed by atoms with E-state index in [0.717, 1.165) is 81.3 Å². The highest BCUT2D eigenvalue weighted by molar-refractivity contribution is 7.26. The van der Waals surface area contributed by atoms with Crippen LogP contribution in [-0.2, 0) is 5.41 Å². The number of rotatable bonds is 4. The normalized spacial score (nSPS) is 14.6. The molecule has 1 aliphatic rings. The lowest BCUT2D eigenvalue weighted by molar-refractivity contribution is 0.666. The van der Waals surface area contributed by atoms with E-state index in [1.165, 1.54) is 0 Å². The molecule has 0 saturated heterocycles. The zero-order valence-corrected chi connectivity index (χ0v) is 28.2. The van der Waals surface area contributed by atoms with Crippen LogP contribution in [0.25, 0.3) is 87.1 Å². The number of aromatic nitrogens is 2. The van der Waals surface area contributed by atoms with Gasteiger partial charge in [-0.05, 0) is 67.4 Å². The molecule has 236 valence electrons. The third-order valence-corrected chi connectivity index (χ3v) is 11.3. The van der Waals surface area contributed by atoms with E-state index in [4.69, 9.17) is 16.8 Å². The molecule has 0 aliphatic heterocycles. The fraction of sp³-hybridized carbons (Fsp3) is 0.0638. The summed E-state index contributed by atoms with van der Waals surface area (Å²) in [4.78, 5) is 10.9. The van der Waals surface area contributed by atoms with Crippen molar-refractivity contribution in [3.8, 4) is 56.0 Å². The molecule has 0 radical (unpaired) electrons. The summed E-state index contributed by atoms with van der Waals surface area (Å²) >= 11 is 1.70. The minimum atomic E-state index is -0.501.